The lowest BCUT2D eigenvalue weighted by Gasteiger charge is -2.42. The van der Waals surface area contributed by atoms with E-state index in [0.29, 0.717) is 5.41 Å². The summed E-state index contributed by atoms with van der Waals surface area (Å²) < 4.78 is 0. The van der Waals surface area contributed by atoms with Crippen molar-refractivity contribution in [2.75, 3.05) is 20.1 Å². The number of hydrogen-bond acceptors (Lipinski definition) is 2. The Kier molecular flexibility index (Phi) is 3.36. The average Bonchev–Trinajstić information content (AvgIpc) is 2.67. The van der Waals surface area contributed by atoms with E-state index in [1.54, 1.807) is 0 Å². The first kappa shape index (κ1) is 11.4. The molecule has 0 bridgehead atoms. The predicted octanol–water partition coefficient (Wildman–Crippen LogP) is 2.25. The van der Waals surface area contributed by atoms with Crippen LogP contribution in [0.5, 0.6) is 0 Å². The molecule has 2 nitrogen and oxygen atoms in total. The molecular weight excluding hydrogens is 184 g/mol. The van der Waals surface area contributed by atoms with Crippen molar-refractivity contribution in [3.05, 3.63) is 0 Å². The summed E-state index contributed by atoms with van der Waals surface area (Å²) >= 11 is 0. The molecule has 0 amide bonds. The van der Waals surface area contributed by atoms with Crippen molar-refractivity contribution in [2.24, 2.45) is 5.41 Å². The monoisotopic (exact) mass is 210 g/mol. The molecule has 1 N–H and O–H groups in total. The highest BCUT2D eigenvalue weighted by Crippen LogP contribution is 2.37. The van der Waals surface area contributed by atoms with Gasteiger partial charge in [-0.05, 0) is 44.7 Å². The summed E-state index contributed by atoms with van der Waals surface area (Å²) in [7, 11) is 2.34. The minimum atomic E-state index is 0.573. The fourth-order valence-electron chi connectivity index (χ4n) is 3.29. The molecule has 2 atom stereocenters. The summed E-state index contributed by atoms with van der Waals surface area (Å²) in [6.07, 6.45) is 6.98. The van der Waals surface area contributed by atoms with Crippen molar-refractivity contribution >= 4 is 0 Å². The maximum absolute atomic E-state index is 3.47. The average molecular weight is 210 g/mol. The first-order valence-electron chi connectivity index (χ1n) is 6.51. The Hall–Kier alpha value is -0.0800. The Morgan fingerprint density at radius 3 is 2.60 bits per heavy atom. The first-order valence-corrected chi connectivity index (χ1v) is 6.51. The summed E-state index contributed by atoms with van der Waals surface area (Å²) in [5, 5.41) is 3.47. The second kappa shape index (κ2) is 4.42. The Morgan fingerprint density at radius 1 is 1.20 bits per heavy atom. The standard InChI is InChI=1S/C13H26N2/c1-13(2)7-4-5-11(9-13)15(3)12-6-8-14-10-12/h11-12,14H,4-10H2,1-3H3. The predicted molar refractivity (Wildman–Crippen MR) is 65.1 cm³/mol. The van der Waals surface area contributed by atoms with Crippen LogP contribution >= 0.6 is 0 Å². The lowest BCUT2D eigenvalue weighted by molar-refractivity contribution is 0.0883. The van der Waals surface area contributed by atoms with Crippen LogP contribution in [0.4, 0.5) is 0 Å². The molecule has 88 valence electrons. The van der Waals surface area contributed by atoms with E-state index in [9.17, 15) is 0 Å². The second-order valence-electron chi connectivity index (χ2n) is 6.23. The maximum atomic E-state index is 3.47. The summed E-state index contributed by atoms with van der Waals surface area (Å²) in [4.78, 5) is 2.65. The van der Waals surface area contributed by atoms with Crippen LogP contribution in [0.25, 0.3) is 0 Å². The third-order valence-electron chi connectivity index (χ3n) is 4.37. The van der Waals surface area contributed by atoms with Crippen LogP contribution < -0.4 is 5.32 Å². The number of likely N-dealkylation sites (N-methyl/N-ethyl adjacent to an activating group) is 1. The zero-order valence-electron chi connectivity index (χ0n) is 10.6. The molecule has 1 aliphatic heterocycles. The molecule has 1 saturated carbocycles. The molecule has 0 spiro atoms. The van der Waals surface area contributed by atoms with Gasteiger partial charge in [0.2, 0.25) is 0 Å². The SMILES string of the molecule is CN(C1CCNC1)C1CCCC(C)(C)C1. The minimum absolute atomic E-state index is 0.573. The van der Waals surface area contributed by atoms with E-state index in [2.05, 4.69) is 31.1 Å². The van der Waals surface area contributed by atoms with Crippen molar-refractivity contribution in [3.63, 3.8) is 0 Å². The summed E-state index contributed by atoms with van der Waals surface area (Å²) in [6, 6.07) is 1.63. The van der Waals surface area contributed by atoms with Gasteiger partial charge in [-0.25, -0.2) is 0 Å². The highest BCUT2D eigenvalue weighted by molar-refractivity contribution is 4.89. The highest BCUT2D eigenvalue weighted by atomic mass is 15.2. The largest absolute Gasteiger partial charge is 0.315 e. The Morgan fingerprint density at radius 2 is 2.00 bits per heavy atom. The Bertz CT molecular complexity index is 207. The van der Waals surface area contributed by atoms with Crippen molar-refractivity contribution in [3.8, 4) is 0 Å². The van der Waals surface area contributed by atoms with Crippen LogP contribution in [0.3, 0.4) is 0 Å². The molecule has 0 radical (unpaired) electrons. The van der Waals surface area contributed by atoms with Crippen LogP contribution in [0, 0.1) is 5.41 Å². The zero-order valence-corrected chi connectivity index (χ0v) is 10.6. The second-order valence-corrected chi connectivity index (χ2v) is 6.23. The molecular formula is C13H26N2. The lowest BCUT2D eigenvalue weighted by Crippen LogP contribution is -2.45. The van der Waals surface area contributed by atoms with Crippen LogP contribution in [-0.2, 0) is 0 Å². The molecule has 1 aliphatic carbocycles. The quantitative estimate of drug-likeness (QED) is 0.752. The third-order valence-corrected chi connectivity index (χ3v) is 4.37. The molecule has 1 heterocycles. The molecule has 0 aromatic rings. The van der Waals surface area contributed by atoms with Gasteiger partial charge < -0.3 is 5.32 Å². The van der Waals surface area contributed by atoms with Gasteiger partial charge in [-0.15, -0.1) is 0 Å². The van der Waals surface area contributed by atoms with Gasteiger partial charge >= 0.3 is 0 Å². The van der Waals surface area contributed by atoms with Gasteiger partial charge in [0.15, 0.2) is 0 Å². The molecule has 0 aromatic heterocycles. The van der Waals surface area contributed by atoms with E-state index >= 15 is 0 Å². The van der Waals surface area contributed by atoms with Crippen molar-refractivity contribution in [1.82, 2.24) is 10.2 Å². The van der Waals surface area contributed by atoms with E-state index in [4.69, 9.17) is 0 Å². The van der Waals surface area contributed by atoms with Gasteiger partial charge in [0.1, 0.15) is 0 Å². The molecule has 1 saturated heterocycles. The summed E-state index contributed by atoms with van der Waals surface area (Å²) in [5.41, 5.74) is 0.573. The molecule has 2 aliphatic rings. The van der Waals surface area contributed by atoms with E-state index in [1.807, 2.05) is 0 Å². The minimum Gasteiger partial charge on any atom is -0.315 e. The molecule has 15 heavy (non-hydrogen) atoms. The Labute approximate surface area is 94.4 Å². The van der Waals surface area contributed by atoms with E-state index < -0.39 is 0 Å². The van der Waals surface area contributed by atoms with Crippen LogP contribution in [-0.4, -0.2) is 37.1 Å². The van der Waals surface area contributed by atoms with Gasteiger partial charge in [-0.3, -0.25) is 4.90 Å². The van der Waals surface area contributed by atoms with Gasteiger partial charge in [0, 0.05) is 18.6 Å². The smallest absolute Gasteiger partial charge is 0.0232 e. The van der Waals surface area contributed by atoms with Gasteiger partial charge in [0.25, 0.3) is 0 Å². The lowest BCUT2D eigenvalue weighted by atomic mass is 9.74. The van der Waals surface area contributed by atoms with Crippen LogP contribution in [0.1, 0.15) is 46.0 Å². The van der Waals surface area contributed by atoms with Gasteiger partial charge in [-0.1, -0.05) is 20.3 Å². The number of rotatable bonds is 2. The topological polar surface area (TPSA) is 15.3 Å². The Balaban J connectivity index is 1.91. The van der Waals surface area contributed by atoms with E-state index in [1.165, 1.54) is 45.2 Å². The number of nitrogens with zero attached hydrogens (tertiary/aromatic N) is 1. The zero-order chi connectivity index (χ0) is 10.9. The number of nitrogens with one attached hydrogen (secondary N) is 1. The first-order chi connectivity index (χ1) is 7.08. The van der Waals surface area contributed by atoms with E-state index in [0.717, 1.165) is 12.1 Å². The number of hydrogen-bond donors (Lipinski definition) is 1. The van der Waals surface area contributed by atoms with Crippen molar-refractivity contribution in [2.45, 2.75) is 58.0 Å². The molecule has 2 unspecified atom stereocenters. The van der Waals surface area contributed by atoms with Crippen LogP contribution in [0.15, 0.2) is 0 Å². The summed E-state index contributed by atoms with van der Waals surface area (Å²) in [6.45, 7) is 7.28. The summed E-state index contributed by atoms with van der Waals surface area (Å²) in [5.74, 6) is 0. The molecule has 2 rings (SSSR count). The molecule has 2 fully saturated rings. The fourth-order valence-corrected chi connectivity index (χ4v) is 3.29. The van der Waals surface area contributed by atoms with Crippen molar-refractivity contribution < 1.29 is 0 Å². The van der Waals surface area contributed by atoms with Gasteiger partial charge in [0.05, 0.1) is 0 Å². The van der Waals surface area contributed by atoms with Crippen molar-refractivity contribution in [1.29, 1.82) is 0 Å². The van der Waals surface area contributed by atoms with E-state index in [-0.39, 0.29) is 0 Å². The maximum Gasteiger partial charge on any atom is 0.0232 e. The van der Waals surface area contributed by atoms with Gasteiger partial charge in [-0.2, -0.15) is 0 Å². The highest BCUT2D eigenvalue weighted by Gasteiger charge is 2.33. The fraction of sp³-hybridized carbons (Fsp3) is 1.00. The normalized spacial score (nSPS) is 36.0. The molecule has 2 heteroatoms. The molecule has 0 aromatic carbocycles. The van der Waals surface area contributed by atoms with Crippen LogP contribution in [0.2, 0.25) is 0 Å². The third kappa shape index (κ3) is 2.73.